The highest BCUT2D eigenvalue weighted by Gasteiger charge is 2.13. The van der Waals surface area contributed by atoms with Gasteiger partial charge in [-0.1, -0.05) is 111 Å². The predicted octanol–water partition coefficient (Wildman–Crippen LogP) is 7.37. The van der Waals surface area contributed by atoms with Crippen LogP contribution < -0.4 is 0 Å². The van der Waals surface area contributed by atoms with Crippen LogP contribution in [0.4, 0.5) is 0 Å². The topological polar surface area (TPSA) is 0 Å². The average Bonchev–Trinajstić information content (AvgIpc) is 3.05. The predicted molar refractivity (Wildman–Crippen MR) is 89.7 cm³/mol. The third kappa shape index (κ3) is 11.5. The fourth-order valence-electron chi connectivity index (χ4n) is 3.41. The second-order valence-corrected chi connectivity index (χ2v) is 6.59. The van der Waals surface area contributed by atoms with Crippen LogP contribution in [-0.4, -0.2) is 0 Å². The zero-order chi connectivity index (χ0) is 14.3. The van der Waals surface area contributed by atoms with E-state index in [2.05, 4.69) is 27.7 Å². The second kappa shape index (κ2) is 14.4. The molecule has 2 aliphatic carbocycles. The third-order valence-corrected chi connectivity index (χ3v) is 4.34. The van der Waals surface area contributed by atoms with E-state index in [0.717, 1.165) is 11.8 Å². The lowest BCUT2D eigenvalue weighted by Crippen LogP contribution is -1.89. The molecular weight excluding hydrogens is 228 g/mol. The number of hydrogen-bond acceptors (Lipinski definition) is 0. The molecule has 0 aliphatic heterocycles. The maximum Gasteiger partial charge on any atom is -0.0414 e. The van der Waals surface area contributed by atoms with E-state index >= 15 is 0 Å². The maximum atomic E-state index is 2.29. The Balaban J connectivity index is 0.000000284. The van der Waals surface area contributed by atoms with E-state index in [4.69, 9.17) is 0 Å². The third-order valence-electron chi connectivity index (χ3n) is 4.34. The fourth-order valence-corrected chi connectivity index (χ4v) is 3.41. The summed E-state index contributed by atoms with van der Waals surface area (Å²) >= 11 is 0. The van der Waals surface area contributed by atoms with Crippen molar-refractivity contribution in [2.24, 2.45) is 11.8 Å². The molecule has 0 radical (unpaired) electrons. The highest BCUT2D eigenvalue weighted by atomic mass is 14.2. The molecule has 0 saturated heterocycles. The lowest BCUT2D eigenvalue weighted by atomic mass is 10.0. The van der Waals surface area contributed by atoms with Crippen molar-refractivity contribution in [2.75, 3.05) is 0 Å². The molecule has 2 fully saturated rings. The van der Waals surface area contributed by atoms with Gasteiger partial charge in [0.05, 0.1) is 0 Å². The summed E-state index contributed by atoms with van der Waals surface area (Å²) in [6, 6.07) is 0. The maximum absolute atomic E-state index is 2.29. The molecular formula is C19H40. The first kappa shape index (κ1) is 19.0. The van der Waals surface area contributed by atoms with Crippen molar-refractivity contribution < 1.29 is 0 Å². The summed E-state index contributed by atoms with van der Waals surface area (Å²) in [6.45, 7) is 8.83. The molecule has 0 aromatic heterocycles. The van der Waals surface area contributed by atoms with Crippen LogP contribution in [0.3, 0.4) is 0 Å². The molecule has 2 rings (SSSR count). The van der Waals surface area contributed by atoms with E-state index in [0.29, 0.717) is 0 Å². The van der Waals surface area contributed by atoms with Crippen LogP contribution in [0.25, 0.3) is 0 Å². The van der Waals surface area contributed by atoms with Crippen LogP contribution >= 0.6 is 0 Å². The summed E-state index contributed by atoms with van der Waals surface area (Å²) < 4.78 is 0. The molecule has 0 bridgehead atoms. The largest absolute Gasteiger partial charge is 0.0656 e. The normalized spacial score (nSPS) is 19.6. The molecule has 0 amide bonds. The highest BCUT2D eigenvalue weighted by Crippen LogP contribution is 2.28. The van der Waals surface area contributed by atoms with E-state index in [1.165, 1.54) is 83.5 Å². The summed E-state index contributed by atoms with van der Waals surface area (Å²) in [6.07, 6.45) is 19.1. The monoisotopic (exact) mass is 268 g/mol. The van der Waals surface area contributed by atoms with E-state index in [-0.39, 0.29) is 0 Å². The molecule has 0 aromatic rings. The highest BCUT2D eigenvalue weighted by molar-refractivity contribution is 4.66. The van der Waals surface area contributed by atoms with Gasteiger partial charge in [0.2, 0.25) is 0 Å². The Morgan fingerprint density at radius 3 is 1.05 bits per heavy atom. The minimum absolute atomic E-state index is 1.11. The van der Waals surface area contributed by atoms with Gasteiger partial charge in [0.1, 0.15) is 0 Å². The van der Waals surface area contributed by atoms with Crippen LogP contribution in [0.1, 0.15) is 111 Å². The van der Waals surface area contributed by atoms with Crippen molar-refractivity contribution in [1.82, 2.24) is 0 Å². The van der Waals surface area contributed by atoms with Crippen molar-refractivity contribution in [3.8, 4) is 0 Å². The molecule has 0 aromatic carbocycles. The van der Waals surface area contributed by atoms with E-state index in [9.17, 15) is 0 Å². The van der Waals surface area contributed by atoms with Crippen LogP contribution in [0, 0.1) is 11.8 Å². The van der Waals surface area contributed by atoms with Gasteiger partial charge < -0.3 is 0 Å². The molecule has 19 heavy (non-hydrogen) atoms. The Morgan fingerprint density at radius 1 is 0.579 bits per heavy atom. The second-order valence-electron chi connectivity index (χ2n) is 6.59. The van der Waals surface area contributed by atoms with Crippen molar-refractivity contribution in [3.63, 3.8) is 0 Å². The molecule has 2 aliphatic rings. The first-order chi connectivity index (χ1) is 9.28. The molecule has 0 heterocycles. The Labute approximate surface area is 123 Å². The molecule has 0 N–H and O–H groups in total. The fraction of sp³-hybridized carbons (Fsp3) is 1.00. The number of hydrogen-bond donors (Lipinski definition) is 0. The average molecular weight is 269 g/mol. The van der Waals surface area contributed by atoms with Gasteiger partial charge in [-0.25, -0.2) is 0 Å². The van der Waals surface area contributed by atoms with Gasteiger partial charge in [-0.2, -0.15) is 0 Å². The molecule has 0 nitrogen and oxygen atoms in total. The molecule has 2 saturated carbocycles. The summed E-state index contributed by atoms with van der Waals surface area (Å²) in [5, 5.41) is 0. The van der Waals surface area contributed by atoms with E-state index in [1.54, 1.807) is 0 Å². The van der Waals surface area contributed by atoms with Crippen LogP contribution in [0.5, 0.6) is 0 Å². The van der Waals surface area contributed by atoms with Gasteiger partial charge in [0.15, 0.2) is 0 Å². The van der Waals surface area contributed by atoms with Crippen LogP contribution in [0.2, 0.25) is 0 Å². The standard InChI is InChI=1S/2C8H16.C3H8/c2*1-2-5-8-6-3-4-7-8;1-3-2/h2*8H,2-7H2,1H3;3H2,1-2H3. The quantitative estimate of drug-likeness (QED) is 0.499. The summed E-state index contributed by atoms with van der Waals surface area (Å²) in [5.74, 6) is 2.22. The Morgan fingerprint density at radius 2 is 0.842 bits per heavy atom. The minimum Gasteiger partial charge on any atom is -0.0656 e. The first-order valence-corrected chi connectivity index (χ1v) is 9.28. The van der Waals surface area contributed by atoms with Gasteiger partial charge in [-0.05, 0) is 11.8 Å². The molecule has 0 atom stereocenters. The minimum atomic E-state index is 1.11. The van der Waals surface area contributed by atoms with Gasteiger partial charge in [0.25, 0.3) is 0 Å². The SMILES string of the molecule is CCC.CCCC1CCCC1.CCCC1CCCC1. The zero-order valence-electron chi connectivity index (χ0n) is 14.3. The van der Waals surface area contributed by atoms with E-state index < -0.39 is 0 Å². The van der Waals surface area contributed by atoms with Gasteiger partial charge in [-0.3, -0.25) is 0 Å². The summed E-state index contributed by atoms with van der Waals surface area (Å²) in [5.41, 5.74) is 0. The lowest BCUT2D eigenvalue weighted by molar-refractivity contribution is 0.496. The summed E-state index contributed by atoms with van der Waals surface area (Å²) in [7, 11) is 0. The van der Waals surface area contributed by atoms with Gasteiger partial charge in [-0.15, -0.1) is 0 Å². The van der Waals surface area contributed by atoms with Crippen molar-refractivity contribution in [2.45, 2.75) is 111 Å². The number of rotatable bonds is 4. The van der Waals surface area contributed by atoms with Crippen molar-refractivity contribution >= 4 is 0 Å². The van der Waals surface area contributed by atoms with Crippen LogP contribution in [0.15, 0.2) is 0 Å². The summed E-state index contributed by atoms with van der Waals surface area (Å²) in [4.78, 5) is 0. The van der Waals surface area contributed by atoms with E-state index in [1.807, 2.05) is 0 Å². The Hall–Kier alpha value is 0. The molecule has 0 unspecified atom stereocenters. The molecule has 0 spiro atoms. The van der Waals surface area contributed by atoms with Gasteiger partial charge >= 0.3 is 0 Å². The Bertz CT molecular complexity index is 131. The van der Waals surface area contributed by atoms with Crippen LogP contribution in [-0.2, 0) is 0 Å². The lowest BCUT2D eigenvalue weighted by Gasteiger charge is -2.03. The van der Waals surface area contributed by atoms with Gasteiger partial charge in [0, 0.05) is 0 Å². The van der Waals surface area contributed by atoms with Crippen molar-refractivity contribution in [3.05, 3.63) is 0 Å². The first-order valence-electron chi connectivity index (χ1n) is 9.28. The smallest absolute Gasteiger partial charge is 0.0414 e. The Kier molecular flexibility index (Phi) is 14.4. The zero-order valence-corrected chi connectivity index (χ0v) is 14.3. The van der Waals surface area contributed by atoms with Crippen molar-refractivity contribution in [1.29, 1.82) is 0 Å². The molecule has 116 valence electrons. The molecule has 0 heteroatoms.